The second kappa shape index (κ2) is 4.76. The number of aliphatic carboxylic acids is 1. The van der Waals surface area contributed by atoms with Crippen molar-refractivity contribution in [1.29, 1.82) is 0 Å². The lowest BCUT2D eigenvalue weighted by molar-refractivity contribution is -0.147. The Kier molecular flexibility index (Phi) is 3.43. The van der Waals surface area contributed by atoms with Gasteiger partial charge in [0, 0.05) is 30.3 Å². The molecular formula is C15H21NO3. The maximum atomic E-state index is 11.3. The van der Waals surface area contributed by atoms with Crippen molar-refractivity contribution in [3.8, 4) is 5.75 Å². The maximum absolute atomic E-state index is 11.3. The fourth-order valence-electron chi connectivity index (χ4n) is 2.86. The molecule has 19 heavy (non-hydrogen) atoms. The third-order valence-corrected chi connectivity index (χ3v) is 3.97. The number of likely N-dealkylation sites (N-methyl/N-ethyl adjacent to an activating group) is 1. The van der Waals surface area contributed by atoms with Gasteiger partial charge in [0.05, 0.1) is 5.41 Å². The summed E-state index contributed by atoms with van der Waals surface area (Å²) >= 11 is 0. The van der Waals surface area contributed by atoms with E-state index in [1.807, 2.05) is 12.1 Å². The molecule has 104 valence electrons. The van der Waals surface area contributed by atoms with E-state index >= 15 is 0 Å². The first-order chi connectivity index (χ1) is 8.86. The van der Waals surface area contributed by atoms with Gasteiger partial charge in [0.15, 0.2) is 0 Å². The number of rotatable bonds is 4. The van der Waals surface area contributed by atoms with E-state index in [4.69, 9.17) is 0 Å². The van der Waals surface area contributed by atoms with Gasteiger partial charge in [0.25, 0.3) is 0 Å². The summed E-state index contributed by atoms with van der Waals surface area (Å²) in [4.78, 5) is 13.5. The fraction of sp³-hybridized carbons (Fsp3) is 0.533. The Balaban J connectivity index is 2.34. The minimum absolute atomic E-state index is 0.0715. The number of anilines is 1. The first kappa shape index (κ1) is 13.7. The molecule has 0 spiro atoms. The maximum Gasteiger partial charge on any atom is 0.309 e. The van der Waals surface area contributed by atoms with Crippen molar-refractivity contribution in [3.05, 3.63) is 23.8 Å². The highest BCUT2D eigenvalue weighted by atomic mass is 16.4. The van der Waals surface area contributed by atoms with E-state index in [1.54, 1.807) is 19.9 Å². The zero-order valence-corrected chi connectivity index (χ0v) is 11.7. The van der Waals surface area contributed by atoms with Crippen molar-refractivity contribution in [2.45, 2.75) is 33.1 Å². The number of phenols is 1. The largest absolute Gasteiger partial charge is 0.508 e. The molecule has 4 nitrogen and oxygen atoms in total. The number of hydrogen-bond acceptors (Lipinski definition) is 3. The molecule has 0 radical (unpaired) electrons. The molecule has 1 aliphatic heterocycles. The van der Waals surface area contributed by atoms with Gasteiger partial charge in [-0.25, -0.2) is 0 Å². The molecule has 1 aromatic rings. The summed E-state index contributed by atoms with van der Waals surface area (Å²) in [6.45, 7) is 7.19. The number of nitrogens with zero attached hydrogens (tertiary/aromatic N) is 1. The second-order valence-corrected chi connectivity index (χ2v) is 5.84. The van der Waals surface area contributed by atoms with E-state index in [0.29, 0.717) is 6.42 Å². The van der Waals surface area contributed by atoms with Gasteiger partial charge in [-0.05, 0) is 39.3 Å². The molecule has 4 heteroatoms. The lowest BCUT2D eigenvalue weighted by atomic mass is 9.80. The predicted molar refractivity (Wildman–Crippen MR) is 74.8 cm³/mol. The van der Waals surface area contributed by atoms with Gasteiger partial charge in [-0.2, -0.15) is 0 Å². The summed E-state index contributed by atoms with van der Waals surface area (Å²) in [5.74, 6) is -0.443. The molecule has 1 aliphatic rings. The lowest BCUT2D eigenvalue weighted by Gasteiger charge is -2.24. The van der Waals surface area contributed by atoms with Crippen LogP contribution in [0.4, 0.5) is 5.69 Å². The monoisotopic (exact) mass is 263 g/mol. The SMILES string of the molecule is CCN1CC(CC(C)(C)C(=O)O)c2c(O)cccc21. The zero-order chi connectivity index (χ0) is 14.2. The first-order valence-corrected chi connectivity index (χ1v) is 6.67. The van der Waals surface area contributed by atoms with Crippen LogP contribution >= 0.6 is 0 Å². The van der Waals surface area contributed by atoms with E-state index in [-0.39, 0.29) is 11.7 Å². The first-order valence-electron chi connectivity index (χ1n) is 6.67. The van der Waals surface area contributed by atoms with Gasteiger partial charge in [-0.3, -0.25) is 4.79 Å². The molecule has 0 bridgehead atoms. The highest BCUT2D eigenvalue weighted by molar-refractivity contribution is 5.74. The highest BCUT2D eigenvalue weighted by Crippen LogP contribution is 2.46. The molecule has 2 N–H and O–H groups in total. The van der Waals surface area contributed by atoms with Crippen molar-refractivity contribution < 1.29 is 15.0 Å². The summed E-state index contributed by atoms with van der Waals surface area (Å²) < 4.78 is 0. The third-order valence-electron chi connectivity index (χ3n) is 3.97. The molecule has 0 fully saturated rings. The summed E-state index contributed by atoms with van der Waals surface area (Å²) in [5.41, 5.74) is 1.15. The molecule has 0 amide bonds. The summed E-state index contributed by atoms with van der Waals surface area (Å²) in [6.07, 6.45) is 0.531. The van der Waals surface area contributed by atoms with Crippen LogP contribution in [0.15, 0.2) is 18.2 Å². The van der Waals surface area contributed by atoms with E-state index < -0.39 is 11.4 Å². The molecule has 2 rings (SSSR count). The van der Waals surface area contributed by atoms with Crippen LogP contribution in [-0.2, 0) is 4.79 Å². The molecule has 1 heterocycles. The highest BCUT2D eigenvalue weighted by Gasteiger charge is 2.37. The van der Waals surface area contributed by atoms with E-state index in [9.17, 15) is 15.0 Å². The van der Waals surface area contributed by atoms with Crippen LogP contribution in [0.25, 0.3) is 0 Å². The molecule has 1 aromatic carbocycles. The predicted octanol–water partition coefficient (Wildman–Crippen LogP) is 2.82. The van der Waals surface area contributed by atoms with Gasteiger partial charge in [-0.15, -0.1) is 0 Å². The van der Waals surface area contributed by atoms with Gasteiger partial charge in [0.1, 0.15) is 5.75 Å². The summed E-state index contributed by atoms with van der Waals surface area (Å²) in [6, 6.07) is 5.51. The Morgan fingerprint density at radius 2 is 2.16 bits per heavy atom. The van der Waals surface area contributed by atoms with Crippen LogP contribution in [0.5, 0.6) is 5.75 Å². The van der Waals surface area contributed by atoms with E-state index in [1.165, 1.54) is 0 Å². The van der Waals surface area contributed by atoms with Crippen molar-refractivity contribution >= 4 is 11.7 Å². The Morgan fingerprint density at radius 1 is 1.47 bits per heavy atom. The standard InChI is InChI=1S/C15H21NO3/c1-4-16-9-10(8-15(2,3)14(18)19)13-11(16)6-5-7-12(13)17/h5-7,10,17H,4,8-9H2,1-3H3,(H,18,19). The third kappa shape index (κ3) is 2.39. The van der Waals surface area contributed by atoms with Crippen LogP contribution in [0.1, 0.15) is 38.7 Å². The Labute approximate surface area is 113 Å². The molecule has 0 aromatic heterocycles. The average molecular weight is 263 g/mol. The number of aromatic hydroxyl groups is 1. The van der Waals surface area contributed by atoms with Gasteiger partial charge in [0.2, 0.25) is 0 Å². The van der Waals surface area contributed by atoms with Crippen LogP contribution in [-0.4, -0.2) is 29.3 Å². The quantitative estimate of drug-likeness (QED) is 0.877. The normalized spacial score (nSPS) is 18.5. The molecule has 0 saturated heterocycles. The number of carbonyl (C=O) groups is 1. The molecule has 0 saturated carbocycles. The fourth-order valence-corrected chi connectivity index (χ4v) is 2.86. The van der Waals surface area contributed by atoms with Crippen molar-refractivity contribution in [2.75, 3.05) is 18.0 Å². The average Bonchev–Trinajstić information content (AvgIpc) is 2.68. The van der Waals surface area contributed by atoms with Crippen LogP contribution in [0, 0.1) is 5.41 Å². The Hall–Kier alpha value is -1.71. The zero-order valence-electron chi connectivity index (χ0n) is 11.7. The number of carboxylic acid groups (broad SMARTS) is 1. The van der Waals surface area contributed by atoms with Crippen LogP contribution in [0.3, 0.4) is 0 Å². The molecule has 1 atom stereocenters. The molecule has 0 aliphatic carbocycles. The molecule has 1 unspecified atom stereocenters. The summed E-state index contributed by atoms with van der Waals surface area (Å²) in [7, 11) is 0. The second-order valence-electron chi connectivity index (χ2n) is 5.84. The van der Waals surface area contributed by atoms with Crippen LogP contribution < -0.4 is 4.90 Å². The van der Waals surface area contributed by atoms with Crippen molar-refractivity contribution in [3.63, 3.8) is 0 Å². The minimum atomic E-state index is -0.792. The van der Waals surface area contributed by atoms with E-state index in [2.05, 4.69) is 11.8 Å². The number of phenolic OH excluding ortho intramolecular Hbond substituents is 1. The smallest absolute Gasteiger partial charge is 0.309 e. The van der Waals surface area contributed by atoms with Crippen molar-refractivity contribution in [2.24, 2.45) is 5.41 Å². The Bertz CT molecular complexity index is 496. The number of benzene rings is 1. The Morgan fingerprint density at radius 3 is 2.74 bits per heavy atom. The lowest BCUT2D eigenvalue weighted by Crippen LogP contribution is -2.28. The van der Waals surface area contributed by atoms with Crippen LogP contribution in [0.2, 0.25) is 0 Å². The molecular weight excluding hydrogens is 242 g/mol. The van der Waals surface area contributed by atoms with Gasteiger partial charge in [-0.1, -0.05) is 6.07 Å². The number of carboxylic acids is 1. The van der Waals surface area contributed by atoms with E-state index in [0.717, 1.165) is 24.3 Å². The summed E-state index contributed by atoms with van der Waals surface area (Å²) in [5, 5.41) is 19.3. The number of hydrogen-bond donors (Lipinski definition) is 2. The van der Waals surface area contributed by atoms with Gasteiger partial charge >= 0.3 is 5.97 Å². The number of fused-ring (bicyclic) bond motifs is 1. The topological polar surface area (TPSA) is 60.8 Å². The van der Waals surface area contributed by atoms with Crippen molar-refractivity contribution in [1.82, 2.24) is 0 Å². The minimum Gasteiger partial charge on any atom is -0.508 e. The van der Waals surface area contributed by atoms with Gasteiger partial charge < -0.3 is 15.1 Å².